The van der Waals surface area contributed by atoms with Gasteiger partial charge in [-0.05, 0) is 33.1 Å². The zero-order valence-electron chi connectivity index (χ0n) is 13.2. The number of nitrogens with zero attached hydrogens (tertiary/aromatic N) is 2. The van der Waals surface area contributed by atoms with Crippen LogP contribution in [0.1, 0.15) is 41.0 Å². The molecule has 7 nitrogen and oxygen atoms in total. The Balaban J connectivity index is 0.000000662. The summed E-state index contributed by atoms with van der Waals surface area (Å²) >= 11 is 0. The minimum Gasteiger partial charge on any atom is -0.480 e. The minimum atomic E-state index is -1.04. The van der Waals surface area contributed by atoms with Gasteiger partial charge < -0.3 is 25.1 Å². The van der Waals surface area contributed by atoms with Gasteiger partial charge in [-0.2, -0.15) is 0 Å². The van der Waals surface area contributed by atoms with Gasteiger partial charge in [-0.25, -0.2) is 9.59 Å². The molecule has 0 aliphatic rings. The van der Waals surface area contributed by atoms with Crippen molar-refractivity contribution >= 4 is 12.1 Å². The summed E-state index contributed by atoms with van der Waals surface area (Å²) in [5, 5.41) is 11.2. The van der Waals surface area contributed by atoms with Crippen LogP contribution in [-0.2, 0) is 9.53 Å². The van der Waals surface area contributed by atoms with E-state index in [2.05, 4.69) is 15.3 Å². The lowest BCUT2D eigenvalue weighted by molar-refractivity contribution is -0.139. The van der Waals surface area contributed by atoms with Gasteiger partial charge in [0.1, 0.15) is 11.6 Å². The van der Waals surface area contributed by atoms with Crippen LogP contribution in [0, 0.1) is 5.92 Å². The highest BCUT2D eigenvalue weighted by Gasteiger charge is 2.24. The molecule has 0 saturated heterocycles. The summed E-state index contributed by atoms with van der Waals surface area (Å²) in [6.45, 7) is 8.97. The number of nitrogens with one attached hydrogen (secondary N) is 1. The number of hydrogen-bond donors (Lipinski definition) is 2. The molecular weight excluding hydrogens is 274 g/mol. The van der Waals surface area contributed by atoms with Crippen molar-refractivity contribution in [1.82, 2.24) is 15.3 Å². The number of rotatable bonds is 4. The highest BCUT2D eigenvalue weighted by atomic mass is 16.6. The van der Waals surface area contributed by atoms with Gasteiger partial charge in [-0.1, -0.05) is 32.6 Å². The second-order valence-electron chi connectivity index (χ2n) is 5.88. The van der Waals surface area contributed by atoms with Crippen LogP contribution >= 0.6 is 0 Å². The first-order valence-corrected chi connectivity index (χ1v) is 6.70. The van der Waals surface area contributed by atoms with Gasteiger partial charge in [-0.15, -0.1) is 0 Å². The Hall–Kier alpha value is -2.05. The summed E-state index contributed by atoms with van der Waals surface area (Å²) in [7, 11) is 0. The molecule has 1 atom stereocenters. The van der Waals surface area contributed by atoms with Gasteiger partial charge in [0.2, 0.25) is 0 Å². The zero-order chi connectivity index (χ0) is 16.5. The molecule has 0 radical (unpaired) electrons. The third kappa shape index (κ3) is 11.5. The van der Waals surface area contributed by atoms with Crippen molar-refractivity contribution in [3.8, 4) is 0 Å². The standard InChI is InChI=1S/C11H21NO4.C3H3N2/c1-7(2)6-8(9(13)14)12-10(15)16-11(3,4)5;1-2-5-3-4-1/h7-8H,6H2,1-5H3,(H,12,15)(H,13,14);1-3H/q;-1/t8-;/m0./s1. The number of carbonyl (C=O) groups excluding carboxylic acids is 1. The third-order valence-electron chi connectivity index (χ3n) is 2.07. The molecule has 0 saturated carbocycles. The Kier molecular flexibility index (Phi) is 8.11. The number of carboxylic acids is 1. The van der Waals surface area contributed by atoms with Crippen LogP contribution in [0.3, 0.4) is 0 Å². The monoisotopic (exact) mass is 298 g/mol. The zero-order valence-corrected chi connectivity index (χ0v) is 13.2. The van der Waals surface area contributed by atoms with Crippen molar-refractivity contribution in [2.75, 3.05) is 0 Å². The number of aliphatic carboxylic acids is 1. The predicted molar refractivity (Wildman–Crippen MR) is 77.8 cm³/mol. The second kappa shape index (κ2) is 8.99. The lowest BCUT2D eigenvalue weighted by Crippen LogP contribution is -2.44. The fourth-order valence-corrected chi connectivity index (χ4v) is 1.34. The number of carbonyl (C=O) groups is 2. The van der Waals surface area contributed by atoms with E-state index in [4.69, 9.17) is 9.84 Å². The van der Waals surface area contributed by atoms with Crippen LogP contribution in [0.2, 0.25) is 0 Å². The number of aromatic nitrogens is 2. The smallest absolute Gasteiger partial charge is 0.408 e. The van der Waals surface area contributed by atoms with Crippen molar-refractivity contribution < 1.29 is 19.4 Å². The van der Waals surface area contributed by atoms with E-state index in [1.54, 1.807) is 33.2 Å². The molecule has 0 bridgehead atoms. The van der Waals surface area contributed by atoms with Gasteiger partial charge >= 0.3 is 12.1 Å². The average molecular weight is 298 g/mol. The molecular formula is C14H24N3O4-. The Bertz CT molecular complexity index is 393. The van der Waals surface area contributed by atoms with E-state index in [0.717, 1.165) is 0 Å². The number of imidazole rings is 1. The van der Waals surface area contributed by atoms with Crippen LogP contribution < -0.4 is 10.3 Å². The number of ether oxygens (including phenoxy) is 1. The van der Waals surface area contributed by atoms with E-state index in [1.165, 1.54) is 6.33 Å². The lowest BCUT2D eigenvalue weighted by Gasteiger charge is -2.22. The first-order chi connectivity index (χ1) is 9.61. The summed E-state index contributed by atoms with van der Waals surface area (Å²) in [6.07, 6.45) is 4.47. The fraction of sp³-hybridized carbons (Fsp3) is 0.643. The maximum atomic E-state index is 11.4. The largest absolute Gasteiger partial charge is 0.480 e. The Morgan fingerprint density at radius 1 is 1.38 bits per heavy atom. The van der Waals surface area contributed by atoms with Gasteiger partial charge in [0.05, 0.1) is 0 Å². The summed E-state index contributed by atoms with van der Waals surface area (Å²) in [5.41, 5.74) is -0.620. The van der Waals surface area contributed by atoms with Crippen LogP contribution in [0.15, 0.2) is 18.7 Å². The molecule has 1 amide bonds. The van der Waals surface area contributed by atoms with Crippen molar-refractivity contribution in [2.24, 2.45) is 5.92 Å². The SMILES string of the molecule is CC(C)C[C@H](NC(=O)OC(C)(C)C)C(=O)O.c1c[n-]cn1. The van der Waals surface area contributed by atoms with E-state index in [-0.39, 0.29) is 5.92 Å². The van der Waals surface area contributed by atoms with Crippen LogP contribution in [0.25, 0.3) is 0 Å². The molecule has 7 heteroatoms. The van der Waals surface area contributed by atoms with E-state index in [9.17, 15) is 9.59 Å². The van der Waals surface area contributed by atoms with Crippen LogP contribution in [0.5, 0.6) is 0 Å². The number of carboxylic acid groups (broad SMARTS) is 1. The normalized spacial score (nSPS) is 12.1. The molecule has 0 aromatic carbocycles. The highest BCUT2D eigenvalue weighted by molar-refractivity contribution is 5.79. The minimum absolute atomic E-state index is 0.191. The highest BCUT2D eigenvalue weighted by Crippen LogP contribution is 2.09. The summed E-state index contributed by atoms with van der Waals surface area (Å²) in [6, 6.07) is -0.894. The maximum Gasteiger partial charge on any atom is 0.408 e. The van der Waals surface area contributed by atoms with Crippen molar-refractivity contribution in [3.05, 3.63) is 18.7 Å². The molecule has 0 aliphatic carbocycles. The third-order valence-corrected chi connectivity index (χ3v) is 2.07. The van der Waals surface area contributed by atoms with Crippen LogP contribution in [-0.4, -0.2) is 33.8 Å². The molecule has 1 aromatic heterocycles. The number of amides is 1. The Labute approximate surface area is 125 Å². The first-order valence-electron chi connectivity index (χ1n) is 6.70. The fourth-order valence-electron chi connectivity index (χ4n) is 1.34. The maximum absolute atomic E-state index is 11.4. The van der Waals surface area contributed by atoms with E-state index in [1.807, 2.05) is 13.8 Å². The number of hydrogen-bond acceptors (Lipinski definition) is 4. The molecule has 1 aromatic rings. The summed E-state index contributed by atoms with van der Waals surface area (Å²) in [5.74, 6) is -0.851. The van der Waals surface area contributed by atoms with Gasteiger partial charge in [0.15, 0.2) is 0 Å². The molecule has 0 aliphatic heterocycles. The van der Waals surface area contributed by atoms with Crippen molar-refractivity contribution in [3.63, 3.8) is 0 Å². The molecule has 1 heterocycles. The van der Waals surface area contributed by atoms with Gasteiger partial charge in [0, 0.05) is 0 Å². The average Bonchev–Trinajstić information content (AvgIpc) is 2.82. The summed E-state index contributed by atoms with van der Waals surface area (Å²) in [4.78, 5) is 29.4. The number of alkyl carbamates (subject to hydrolysis) is 1. The molecule has 0 unspecified atom stereocenters. The molecule has 120 valence electrons. The van der Waals surface area contributed by atoms with Crippen LogP contribution in [0.4, 0.5) is 4.79 Å². The van der Waals surface area contributed by atoms with Gasteiger partial charge in [0.25, 0.3) is 0 Å². The Morgan fingerprint density at radius 3 is 2.29 bits per heavy atom. The Morgan fingerprint density at radius 2 is 2.00 bits per heavy atom. The van der Waals surface area contributed by atoms with E-state index in [0.29, 0.717) is 6.42 Å². The first kappa shape index (κ1) is 18.9. The quantitative estimate of drug-likeness (QED) is 0.882. The predicted octanol–water partition coefficient (Wildman–Crippen LogP) is 2.05. The second-order valence-corrected chi connectivity index (χ2v) is 5.88. The molecule has 0 spiro atoms. The van der Waals surface area contributed by atoms with Crippen molar-refractivity contribution in [2.45, 2.75) is 52.7 Å². The topological polar surface area (TPSA) is 103 Å². The van der Waals surface area contributed by atoms with Gasteiger partial charge in [-0.3, -0.25) is 0 Å². The summed E-state index contributed by atoms with van der Waals surface area (Å²) < 4.78 is 4.99. The molecule has 21 heavy (non-hydrogen) atoms. The van der Waals surface area contributed by atoms with E-state index >= 15 is 0 Å². The molecule has 2 N–H and O–H groups in total. The van der Waals surface area contributed by atoms with Crippen molar-refractivity contribution in [1.29, 1.82) is 0 Å². The molecule has 1 rings (SSSR count). The lowest BCUT2D eigenvalue weighted by atomic mass is 10.0. The molecule has 0 fully saturated rings. The van der Waals surface area contributed by atoms with E-state index < -0.39 is 23.7 Å².